The highest BCUT2D eigenvalue weighted by Gasteiger charge is 2.51. The summed E-state index contributed by atoms with van der Waals surface area (Å²) in [5.74, 6) is 2.40. The first kappa shape index (κ1) is 21.6. The van der Waals surface area contributed by atoms with Crippen LogP contribution in [0.1, 0.15) is 58.3 Å². The third-order valence-electron chi connectivity index (χ3n) is 6.49. The number of nitrogens with zero attached hydrogens (tertiary/aromatic N) is 4. The molecule has 0 atom stereocenters. The van der Waals surface area contributed by atoms with E-state index in [1.165, 1.54) is 4.88 Å². The fourth-order valence-corrected chi connectivity index (χ4v) is 5.04. The normalized spacial score (nSPS) is 18.9. The smallest absolute Gasteiger partial charge is 0.493 e. The van der Waals surface area contributed by atoms with E-state index in [-0.39, 0.29) is 17.2 Å². The van der Waals surface area contributed by atoms with E-state index in [9.17, 15) is 0 Å². The molecule has 1 aromatic carbocycles. The van der Waals surface area contributed by atoms with Crippen LogP contribution in [-0.4, -0.2) is 44.7 Å². The zero-order chi connectivity index (χ0) is 22.8. The van der Waals surface area contributed by atoms with Gasteiger partial charge in [-0.2, -0.15) is 5.10 Å². The highest BCUT2D eigenvalue weighted by molar-refractivity contribution is 7.15. The number of fused-ring (bicyclic) bond motifs is 3. The second kappa shape index (κ2) is 7.40. The first-order valence-corrected chi connectivity index (χ1v) is 11.9. The fraction of sp³-hybridized carbons (Fsp3) is 0.522. The van der Waals surface area contributed by atoms with Crippen molar-refractivity contribution in [3.8, 4) is 27.8 Å². The number of benzene rings is 1. The van der Waals surface area contributed by atoms with Crippen LogP contribution in [0.3, 0.4) is 0 Å². The monoisotopic (exact) mass is 452 g/mol. The Labute approximate surface area is 193 Å². The molecule has 2 aromatic heterocycles. The first-order chi connectivity index (χ1) is 15.1. The summed E-state index contributed by atoms with van der Waals surface area (Å²) in [7, 11) is -0.421. The molecule has 0 N–H and O–H groups in total. The van der Waals surface area contributed by atoms with E-state index >= 15 is 0 Å². The van der Waals surface area contributed by atoms with E-state index in [0.717, 1.165) is 45.5 Å². The third-order valence-corrected chi connectivity index (χ3v) is 7.60. The van der Waals surface area contributed by atoms with Crippen LogP contribution in [-0.2, 0) is 15.7 Å². The number of aryl methyl sites for hydroxylation is 1. The predicted octanol–water partition coefficient (Wildman–Crippen LogP) is 4.19. The molecule has 1 fully saturated rings. The number of thiazole rings is 1. The molecule has 0 amide bonds. The summed E-state index contributed by atoms with van der Waals surface area (Å²) in [4.78, 5) is 10.9. The molecule has 5 rings (SSSR count). The van der Waals surface area contributed by atoms with Gasteiger partial charge in [-0.3, -0.25) is 0 Å². The van der Waals surface area contributed by atoms with E-state index < -0.39 is 7.12 Å². The lowest BCUT2D eigenvalue weighted by molar-refractivity contribution is 0.00578. The third kappa shape index (κ3) is 3.47. The Balaban J connectivity index is 1.53. The molecule has 32 heavy (non-hydrogen) atoms. The Morgan fingerprint density at radius 1 is 1.09 bits per heavy atom. The maximum atomic E-state index is 6.23. The van der Waals surface area contributed by atoms with Gasteiger partial charge in [-0.15, -0.1) is 11.3 Å². The van der Waals surface area contributed by atoms with Gasteiger partial charge in [0.1, 0.15) is 11.6 Å². The molecule has 0 spiro atoms. The molecule has 168 valence electrons. The molecule has 4 heterocycles. The van der Waals surface area contributed by atoms with Crippen molar-refractivity contribution in [1.29, 1.82) is 0 Å². The van der Waals surface area contributed by atoms with Crippen molar-refractivity contribution in [2.24, 2.45) is 0 Å². The molecule has 7 nitrogen and oxygen atoms in total. The SMILES string of the molecule is Cc1nc(-c2nc3c(s2)CCOc2cc(B4OC(C)(C)C(C)(C)O4)ccc2-3)n(C(C)C)n1. The van der Waals surface area contributed by atoms with Crippen molar-refractivity contribution < 1.29 is 14.0 Å². The molecule has 1 saturated heterocycles. The van der Waals surface area contributed by atoms with Crippen LogP contribution < -0.4 is 10.2 Å². The molecular weight excluding hydrogens is 423 g/mol. The highest BCUT2D eigenvalue weighted by atomic mass is 32.1. The average Bonchev–Trinajstić information content (AvgIpc) is 3.32. The first-order valence-electron chi connectivity index (χ1n) is 11.1. The molecule has 9 heteroatoms. The average molecular weight is 452 g/mol. The lowest BCUT2D eigenvalue weighted by Gasteiger charge is -2.32. The van der Waals surface area contributed by atoms with E-state index in [2.05, 4.69) is 63.8 Å². The quantitative estimate of drug-likeness (QED) is 0.555. The van der Waals surface area contributed by atoms with Gasteiger partial charge in [0, 0.05) is 22.9 Å². The van der Waals surface area contributed by atoms with Gasteiger partial charge in [0.05, 0.1) is 23.5 Å². The minimum Gasteiger partial charge on any atom is -0.493 e. The van der Waals surface area contributed by atoms with E-state index in [0.29, 0.717) is 6.61 Å². The van der Waals surface area contributed by atoms with Gasteiger partial charge in [0.2, 0.25) is 0 Å². The van der Waals surface area contributed by atoms with Gasteiger partial charge in [0.15, 0.2) is 10.8 Å². The van der Waals surface area contributed by atoms with Gasteiger partial charge in [-0.25, -0.2) is 14.6 Å². The Morgan fingerprint density at radius 2 is 1.81 bits per heavy atom. The van der Waals surface area contributed by atoms with E-state index in [1.54, 1.807) is 11.3 Å². The zero-order valence-corrected chi connectivity index (χ0v) is 20.5. The molecule has 3 aromatic rings. The zero-order valence-electron chi connectivity index (χ0n) is 19.7. The number of rotatable bonds is 3. The molecule has 2 aliphatic heterocycles. The second-order valence-electron chi connectivity index (χ2n) is 9.75. The Kier molecular flexibility index (Phi) is 5.00. The van der Waals surface area contributed by atoms with Gasteiger partial charge in [-0.1, -0.05) is 6.07 Å². The van der Waals surface area contributed by atoms with Gasteiger partial charge in [-0.05, 0) is 66.1 Å². The van der Waals surface area contributed by atoms with Gasteiger partial charge < -0.3 is 14.0 Å². The fourth-order valence-electron chi connectivity index (χ4n) is 4.00. The Bertz CT molecular complexity index is 1170. The molecule has 0 aliphatic carbocycles. The Morgan fingerprint density at radius 3 is 2.50 bits per heavy atom. The standard InChI is InChI=1S/C23H29BN4O3S/c1-13(2)28-20(25-14(3)27-28)21-26-19-16-9-8-15(12-17(16)29-11-10-18(19)32-21)24-30-22(4,5)23(6,7)31-24/h8-9,12-13H,10-11H2,1-7H3. The summed E-state index contributed by atoms with van der Waals surface area (Å²) >= 11 is 1.68. The van der Waals surface area contributed by atoms with Gasteiger partial charge >= 0.3 is 7.12 Å². The number of ether oxygens (including phenoxy) is 1. The van der Waals surface area contributed by atoms with Crippen LogP contribution in [0.5, 0.6) is 5.75 Å². The van der Waals surface area contributed by atoms with Gasteiger partial charge in [0.25, 0.3) is 0 Å². The minimum absolute atomic E-state index is 0.216. The van der Waals surface area contributed by atoms with Crippen LogP contribution in [0, 0.1) is 6.92 Å². The van der Waals surface area contributed by atoms with Crippen molar-refractivity contribution >= 4 is 23.9 Å². The second-order valence-corrected chi connectivity index (χ2v) is 10.8. The molecule has 2 aliphatic rings. The minimum atomic E-state index is -0.421. The lowest BCUT2D eigenvalue weighted by atomic mass is 9.78. The van der Waals surface area contributed by atoms with Crippen molar-refractivity contribution in [3.63, 3.8) is 0 Å². The molecular formula is C23H29BN4O3S. The van der Waals surface area contributed by atoms with E-state index in [4.69, 9.17) is 19.0 Å². The molecule has 0 bridgehead atoms. The highest BCUT2D eigenvalue weighted by Crippen LogP contribution is 2.41. The topological polar surface area (TPSA) is 71.3 Å². The summed E-state index contributed by atoms with van der Waals surface area (Å²) in [5.41, 5.74) is 2.15. The Hall–Kier alpha value is -2.23. The summed E-state index contributed by atoms with van der Waals surface area (Å²) in [5, 5.41) is 5.45. The van der Waals surface area contributed by atoms with Crippen molar-refractivity contribution in [3.05, 3.63) is 28.9 Å². The predicted molar refractivity (Wildman–Crippen MR) is 127 cm³/mol. The van der Waals surface area contributed by atoms with Crippen LogP contribution in [0.2, 0.25) is 0 Å². The molecule has 0 saturated carbocycles. The van der Waals surface area contributed by atoms with Crippen molar-refractivity contribution in [2.75, 3.05) is 6.61 Å². The summed E-state index contributed by atoms with van der Waals surface area (Å²) in [6.45, 7) is 15.0. The number of hydrogen-bond donors (Lipinski definition) is 0. The maximum Gasteiger partial charge on any atom is 0.494 e. The number of aromatic nitrogens is 4. The number of hydrogen-bond acceptors (Lipinski definition) is 7. The largest absolute Gasteiger partial charge is 0.494 e. The van der Waals surface area contributed by atoms with E-state index in [1.807, 2.05) is 17.7 Å². The maximum absolute atomic E-state index is 6.23. The van der Waals surface area contributed by atoms with Crippen LogP contribution >= 0.6 is 11.3 Å². The molecule has 0 unspecified atom stereocenters. The van der Waals surface area contributed by atoms with Crippen molar-refractivity contribution in [2.45, 2.75) is 72.1 Å². The lowest BCUT2D eigenvalue weighted by Crippen LogP contribution is -2.41. The van der Waals surface area contributed by atoms with Crippen LogP contribution in [0.4, 0.5) is 0 Å². The summed E-state index contributed by atoms with van der Waals surface area (Å²) in [6.07, 6.45) is 0.808. The summed E-state index contributed by atoms with van der Waals surface area (Å²) in [6, 6.07) is 6.38. The van der Waals surface area contributed by atoms with Crippen LogP contribution in [0.25, 0.3) is 22.1 Å². The molecule has 0 radical (unpaired) electrons. The van der Waals surface area contributed by atoms with Crippen molar-refractivity contribution in [1.82, 2.24) is 19.7 Å². The van der Waals surface area contributed by atoms with Crippen LogP contribution in [0.15, 0.2) is 18.2 Å². The summed E-state index contributed by atoms with van der Waals surface area (Å²) < 4.78 is 20.5.